The Bertz CT molecular complexity index is 564. The highest BCUT2D eigenvalue weighted by atomic mass is 16.5. The molecule has 0 aliphatic carbocycles. The first-order valence-electron chi connectivity index (χ1n) is 6.39. The van der Waals surface area contributed by atoms with Gasteiger partial charge in [0.1, 0.15) is 5.75 Å². The topological polar surface area (TPSA) is 34.1 Å². The molecule has 1 aromatic heterocycles. The van der Waals surface area contributed by atoms with Crippen LogP contribution in [0.3, 0.4) is 0 Å². The van der Waals surface area contributed by atoms with Crippen LogP contribution in [0, 0.1) is 13.8 Å². The van der Waals surface area contributed by atoms with Crippen molar-refractivity contribution in [3.63, 3.8) is 0 Å². The number of fused-ring (bicyclic) bond motifs is 1. The predicted molar refractivity (Wildman–Crippen MR) is 76.5 cm³/mol. The standard InChI is InChI=1S/C15H20N2O/c1-5-8-18-12-6-7-14-13(9-12)15(16-4)10(2)11(3)17-14/h6-7,9H,5,8H2,1-4H3,(H,16,17). The summed E-state index contributed by atoms with van der Waals surface area (Å²) in [4.78, 5) is 4.61. The van der Waals surface area contributed by atoms with Gasteiger partial charge in [0.15, 0.2) is 0 Å². The quantitative estimate of drug-likeness (QED) is 0.890. The summed E-state index contributed by atoms with van der Waals surface area (Å²) < 4.78 is 5.68. The summed E-state index contributed by atoms with van der Waals surface area (Å²) in [7, 11) is 1.95. The third-order valence-electron chi connectivity index (χ3n) is 3.17. The van der Waals surface area contributed by atoms with E-state index < -0.39 is 0 Å². The Hall–Kier alpha value is -1.77. The minimum absolute atomic E-state index is 0.749. The molecule has 0 unspecified atom stereocenters. The largest absolute Gasteiger partial charge is 0.494 e. The van der Waals surface area contributed by atoms with Crippen molar-refractivity contribution in [1.29, 1.82) is 0 Å². The first-order chi connectivity index (χ1) is 8.67. The van der Waals surface area contributed by atoms with Gasteiger partial charge in [0, 0.05) is 23.8 Å². The van der Waals surface area contributed by atoms with Crippen LogP contribution >= 0.6 is 0 Å². The Labute approximate surface area is 108 Å². The molecule has 0 atom stereocenters. The third-order valence-corrected chi connectivity index (χ3v) is 3.17. The van der Waals surface area contributed by atoms with E-state index in [1.54, 1.807) is 0 Å². The molecule has 96 valence electrons. The highest BCUT2D eigenvalue weighted by Crippen LogP contribution is 2.30. The fourth-order valence-corrected chi connectivity index (χ4v) is 2.09. The molecule has 1 aromatic carbocycles. The lowest BCUT2D eigenvalue weighted by Crippen LogP contribution is -2.00. The van der Waals surface area contributed by atoms with Gasteiger partial charge in [0.2, 0.25) is 0 Å². The number of hydrogen-bond acceptors (Lipinski definition) is 3. The number of rotatable bonds is 4. The summed E-state index contributed by atoms with van der Waals surface area (Å²) in [5.74, 6) is 0.908. The average Bonchev–Trinajstić information content (AvgIpc) is 2.38. The molecule has 0 spiro atoms. The molecular formula is C15H20N2O. The Balaban J connectivity index is 2.56. The second kappa shape index (κ2) is 5.25. The molecule has 1 heterocycles. The van der Waals surface area contributed by atoms with Crippen LogP contribution in [-0.4, -0.2) is 18.6 Å². The van der Waals surface area contributed by atoms with Crippen molar-refractivity contribution in [2.45, 2.75) is 27.2 Å². The van der Waals surface area contributed by atoms with Gasteiger partial charge in [-0.25, -0.2) is 0 Å². The van der Waals surface area contributed by atoms with E-state index in [1.165, 1.54) is 5.56 Å². The van der Waals surface area contributed by atoms with Crippen LogP contribution in [0.2, 0.25) is 0 Å². The number of aryl methyl sites for hydroxylation is 1. The molecular weight excluding hydrogens is 224 g/mol. The zero-order valence-electron chi connectivity index (χ0n) is 11.5. The average molecular weight is 244 g/mol. The number of pyridine rings is 1. The molecule has 18 heavy (non-hydrogen) atoms. The van der Waals surface area contributed by atoms with E-state index in [9.17, 15) is 0 Å². The van der Waals surface area contributed by atoms with Crippen LogP contribution < -0.4 is 10.1 Å². The van der Waals surface area contributed by atoms with E-state index in [0.29, 0.717) is 0 Å². The van der Waals surface area contributed by atoms with Crippen molar-refractivity contribution in [3.05, 3.63) is 29.5 Å². The fourth-order valence-electron chi connectivity index (χ4n) is 2.09. The number of anilines is 1. The molecule has 1 N–H and O–H groups in total. The summed E-state index contributed by atoms with van der Waals surface area (Å²) in [6, 6.07) is 6.07. The molecule has 2 rings (SSSR count). The third kappa shape index (κ3) is 2.26. The van der Waals surface area contributed by atoms with Gasteiger partial charge in [-0.15, -0.1) is 0 Å². The highest BCUT2D eigenvalue weighted by molar-refractivity contribution is 5.94. The van der Waals surface area contributed by atoms with Crippen molar-refractivity contribution in [3.8, 4) is 5.75 Å². The van der Waals surface area contributed by atoms with E-state index in [4.69, 9.17) is 4.74 Å². The van der Waals surface area contributed by atoms with E-state index in [-0.39, 0.29) is 0 Å². The van der Waals surface area contributed by atoms with Crippen molar-refractivity contribution in [2.24, 2.45) is 0 Å². The summed E-state index contributed by atoms with van der Waals surface area (Å²) in [6.45, 7) is 6.98. The number of nitrogens with zero attached hydrogens (tertiary/aromatic N) is 1. The number of hydrogen-bond donors (Lipinski definition) is 1. The van der Waals surface area contributed by atoms with Gasteiger partial charge in [-0.3, -0.25) is 4.98 Å². The Kier molecular flexibility index (Phi) is 3.70. The summed E-state index contributed by atoms with van der Waals surface area (Å²) in [5.41, 5.74) is 4.40. The molecule has 0 aliphatic heterocycles. The van der Waals surface area contributed by atoms with E-state index >= 15 is 0 Å². The van der Waals surface area contributed by atoms with Gasteiger partial charge in [-0.2, -0.15) is 0 Å². The summed E-state index contributed by atoms with van der Waals surface area (Å²) in [5, 5.41) is 4.39. The van der Waals surface area contributed by atoms with E-state index in [1.807, 2.05) is 26.1 Å². The zero-order chi connectivity index (χ0) is 13.1. The number of ether oxygens (including phenoxy) is 1. The summed E-state index contributed by atoms with van der Waals surface area (Å²) >= 11 is 0. The van der Waals surface area contributed by atoms with E-state index in [2.05, 4.69) is 30.2 Å². The van der Waals surface area contributed by atoms with Crippen LogP contribution in [-0.2, 0) is 0 Å². The van der Waals surface area contributed by atoms with Crippen LogP contribution in [0.1, 0.15) is 24.6 Å². The SMILES string of the molecule is CCCOc1ccc2nc(C)c(C)c(NC)c2c1. The van der Waals surface area contributed by atoms with Crippen LogP contribution in [0.4, 0.5) is 5.69 Å². The molecule has 0 fully saturated rings. The molecule has 2 aromatic rings. The smallest absolute Gasteiger partial charge is 0.120 e. The lowest BCUT2D eigenvalue weighted by Gasteiger charge is -2.13. The van der Waals surface area contributed by atoms with Crippen LogP contribution in [0.15, 0.2) is 18.2 Å². The first kappa shape index (κ1) is 12.7. The van der Waals surface area contributed by atoms with Crippen molar-refractivity contribution in [2.75, 3.05) is 19.0 Å². The minimum Gasteiger partial charge on any atom is -0.494 e. The molecule has 0 saturated carbocycles. The Morgan fingerprint density at radius 3 is 2.72 bits per heavy atom. The van der Waals surface area contributed by atoms with Crippen molar-refractivity contribution in [1.82, 2.24) is 4.98 Å². The van der Waals surface area contributed by atoms with Crippen LogP contribution in [0.25, 0.3) is 10.9 Å². The van der Waals surface area contributed by atoms with Crippen molar-refractivity contribution < 1.29 is 4.74 Å². The molecule has 0 radical (unpaired) electrons. The monoisotopic (exact) mass is 244 g/mol. The number of aromatic nitrogens is 1. The van der Waals surface area contributed by atoms with Gasteiger partial charge in [-0.05, 0) is 44.0 Å². The minimum atomic E-state index is 0.749. The lowest BCUT2D eigenvalue weighted by molar-refractivity contribution is 0.318. The van der Waals surface area contributed by atoms with E-state index in [0.717, 1.165) is 41.1 Å². The molecule has 0 aliphatic rings. The maximum absolute atomic E-state index is 5.68. The normalized spacial score (nSPS) is 10.7. The lowest BCUT2D eigenvalue weighted by atomic mass is 10.1. The zero-order valence-corrected chi connectivity index (χ0v) is 11.5. The molecule has 0 saturated heterocycles. The maximum atomic E-state index is 5.68. The maximum Gasteiger partial charge on any atom is 0.120 e. The molecule has 3 heteroatoms. The molecule has 0 amide bonds. The van der Waals surface area contributed by atoms with Gasteiger partial charge < -0.3 is 10.1 Å². The van der Waals surface area contributed by atoms with Gasteiger partial charge in [0.05, 0.1) is 12.1 Å². The van der Waals surface area contributed by atoms with Gasteiger partial charge >= 0.3 is 0 Å². The highest BCUT2D eigenvalue weighted by Gasteiger charge is 2.09. The fraction of sp³-hybridized carbons (Fsp3) is 0.400. The van der Waals surface area contributed by atoms with Gasteiger partial charge in [0.25, 0.3) is 0 Å². The number of nitrogens with one attached hydrogen (secondary N) is 1. The Morgan fingerprint density at radius 2 is 2.06 bits per heavy atom. The van der Waals surface area contributed by atoms with Crippen molar-refractivity contribution >= 4 is 16.6 Å². The van der Waals surface area contributed by atoms with Crippen LogP contribution in [0.5, 0.6) is 5.75 Å². The second-order valence-electron chi connectivity index (χ2n) is 4.47. The van der Waals surface area contributed by atoms with Gasteiger partial charge in [-0.1, -0.05) is 6.92 Å². The first-order valence-corrected chi connectivity index (χ1v) is 6.39. The summed E-state index contributed by atoms with van der Waals surface area (Å²) in [6.07, 6.45) is 1.02. The molecule has 0 bridgehead atoms. The molecule has 3 nitrogen and oxygen atoms in total. The second-order valence-corrected chi connectivity index (χ2v) is 4.47. The Morgan fingerprint density at radius 1 is 1.28 bits per heavy atom. The predicted octanol–water partition coefficient (Wildman–Crippen LogP) is 3.68. The number of benzene rings is 1.